The average Bonchev–Trinajstić information content (AvgIpc) is 2.48. The molecule has 0 amide bonds. The van der Waals surface area contributed by atoms with Crippen molar-refractivity contribution in [2.75, 3.05) is 19.7 Å². The molecule has 1 fully saturated rings. The number of benzene rings is 1. The highest BCUT2D eigenvalue weighted by Gasteiger charge is 2.28. The van der Waals surface area contributed by atoms with Gasteiger partial charge in [-0.3, -0.25) is 0 Å². The lowest BCUT2D eigenvalue weighted by Crippen LogP contribution is -2.41. The molecule has 0 spiro atoms. The van der Waals surface area contributed by atoms with E-state index in [-0.39, 0.29) is 18.5 Å². The molecule has 1 aliphatic heterocycles. The summed E-state index contributed by atoms with van der Waals surface area (Å²) in [6, 6.07) is 7.08. The van der Waals surface area contributed by atoms with Gasteiger partial charge in [0.2, 0.25) is 10.0 Å². The van der Waals surface area contributed by atoms with E-state index in [0.29, 0.717) is 25.3 Å². The fraction of sp³-hybridized carbons (Fsp3) is 0.600. The van der Waals surface area contributed by atoms with E-state index < -0.39 is 10.0 Å². The summed E-state index contributed by atoms with van der Waals surface area (Å²) < 4.78 is 32.0. The number of hydrogen-bond donors (Lipinski definition) is 1. The number of hydrogen-bond acceptors (Lipinski definition) is 4. The van der Waals surface area contributed by atoms with Crippen molar-refractivity contribution in [3.05, 3.63) is 35.4 Å². The van der Waals surface area contributed by atoms with Crippen LogP contribution in [0.5, 0.6) is 0 Å². The SMILES string of the molecule is CCOC1CCN(S(=O)(=O)Cc2cccc(CO)c2)CC1. The van der Waals surface area contributed by atoms with Crippen LogP contribution in [0, 0.1) is 0 Å². The van der Waals surface area contributed by atoms with E-state index in [1.165, 1.54) is 0 Å². The molecule has 0 aliphatic carbocycles. The van der Waals surface area contributed by atoms with Crippen molar-refractivity contribution in [3.8, 4) is 0 Å². The standard InChI is InChI=1S/C15H23NO4S/c1-2-20-15-6-8-16(9-7-15)21(18,19)12-14-5-3-4-13(10-14)11-17/h3-5,10,15,17H,2,6-9,11-12H2,1H3. The Bertz CT molecular complexity index is 551. The van der Waals surface area contributed by atoms with Crippen LogP contribution < -0.4 is 0 Å². The number of piperidine rings is 1. The van der Waals surface area contributed by atoms with Crippen LogP contribution in [0.2, 0.25) is 0 Å². The van der Waals surface area contributed by atoms with Gasteiger partial charge >= 0.3 is 0 Å². The van der Waals surface area contributed by atoms with Crippen molar-refractivity contribution in [1.82, 2.24) is 4.31 Å². The van der Waals surface area contributed by atoms with Gasteiger partial charge in [-0.15, -0.1) is 0 Å². The van der Waals surface area contributed by atoms with Gasteiger partial charge in [-0.1, -0.05) is 24.3 Å². The fourth-order valence-corrected chi connectivity index (χ4v) is 4.18. The topological polar surface area (TPSA) is 66.8 Å². The van der Waals surface area contributed by atoms with Gasteiger partial charge in [-0.25, -0.2) is 12.7 Å². The third kappa shape index (κ3) is 4.51. The van der Waals surface area contributed by atoms with Crippen molar-refractivity contribution >= 4 is 10.0 Å². The minimum atomic E-state index is -3.30. The Morgan fingerprint density at radius 1 is 1.29 bits per heavy atom. The number of nitrogens with zero attached hydrogens (tertiary/aromatic N) is 1. The first kappa shape index (κ1) is 16.4. The van der Waals surface area contributed by atoms with Gasteiger partial charge in [0.25, 0.3) is 0 Å². The maximum atomic E-state index is 12.4. The Labute approximate surface area is 126 Å². The van der Waals surface area contributed by atoms with Gasteiger partial charge in [0.15, 0.2) is 0 Å². The Morgan fingerprint density at radius 2 is 1.95 bits per heavy atom. The molecule has 118 valence electrons. The minimum absolute atomic E-state index is 0.0137. The summed E-state index contributed by atoms with van der Waals surface area (Å²) in [7, 11) is -3.30. The molecular weight excluding hydrogens is 290 g/mol. The second-order valence-corrected chi connectivity index (χ2v) is 7.26. The molecule has 0 unspecified atom stereocenters. The minimum Gasteiger partial charge on any atom is -0.392 e. The molecule has 1 N–H and O–H groups in total. The number of rotatable bonds is 6. The fourth-order valence-electron chi connectivity index (χ4n) is 2.63. The summed E-state index contributed by atoms with van der Waals surface area (Å²) in [6.07, 6.45) is 1.69. The van der Waals surface area contributed by atoms with Crippen molar-refractivity contribution < 1.29 is 18.3 Å². The predicted octanol–water partition coefficient (Wildman–Crippen LogP) is 1.51. The first-order valence-electron chi connectivity index (χ1n) is 7.33. The lowest BCUT2D eigenvalue weighted by atomic mass is 10.1. The van der Waals surface area contributed by atoms with Gasteiger partial charge < -0.3 is 9.84 Å². The summed E-state index contributed by atoms with van der Waals surface area (Å²) in [5, 5.41) is 9.11. The van der Waals surface area contributed by atoms with Crippen molar-refractivity contribution in [1.29, 1.82) is 0 Å². The van der Waals surface area contributed by atoms with Crippen molar-refractivity contribution in [3.63, 3.8) is 0 Å². The van der Waals surface area contributed by atoms with E-state index in [4.69, 9.17) is 9.84 Å². The number of ether oxygens (including phenoxy) is 1. The summed E-state index contributed by atoms with van der Waals surface area (Å²) in [5.41, 5.74) is 1.45. The smallest absolute Gasteiger partial charge is 0.218 e. The van der Waals surface area contributed by atoms with E-state index in [9.17, 15) is 8.42 Å². The highest BCUT2D eigenvalue weighted by molar-refractivity contribution is 7.88. The molecule has 0 bridgehead atoms. The number of aliphatic hydroxyl groups excluding tert-OH is 1. The molecule has 1 saturated heterocycles. The number of sulfonamides is 1. The molecule has 0 saturated carbocycles. The second-order valence-electron chi connectivity index (χ2n) is 5.29. The molecule has 1 heterocycles. The average molecular weight is 313 g/mol. The molecule has 0 radical (unpaired) electrons. The molecule has 5 nitrogen and oxygen atoms in total. The summed E-state index contributed by atoms with van der Waals surface area (Å²) in [4.78, 5) is 0. The quantitative estimate of drug-likeness (QED) is 0.864. The van der Waals surface area contributed by atoms with Crippen LogP contribution in [0.15, 0.2) is 24.3 Å². The molecule has 0 atom stereocenters. The summed E-state index contributed by atoms with van der Waals surface area (Å²) in [6.45, 7) is 3.59. The van der Waals surface area contributed by atoms with E-state index in [0.717, 1.165) is 18.4 Å². The van der Waals surface area contributed by atoms with Gasteiger partial charge in [-0.2, -0.15) is 0 Å². The van der Waals surface area contributed by atoms with Crippen LogP contribution in [0.25, 0.3) is 0 Å². The first-order valence-corrected chi connectivity index (χ1v) is 8.94. The van der Waals surface area contributed by atoms with Crippen LogP contribution in [0.4, 0.5) is 0 Å². The highest BCUT2D eigenvalue weighted by atomic mass is 32.2. The van der Waals surface area contributed by atoms with Gasteiger partial charge in [0, 0.05) is 19.7 Å². The van der Waals surface area contributed by atoms with Gasteiger partial charge in [-0.05, 0) is 30.9 Å². The Kier molecular flexibility index (Phi) is 5.75. The van der Waals surface area contributed by atoms with Gasteiger partial charge in [0.1, 0.15) is 0 Å². The summed E-state index contributed by atoms with van der Waals surface area (Å²) >= 11 is 0. The van der Waals surface area contributed by atoms with Crippen LogP contribution >= 0.6 is 0 Å². The zero-order valence-corrected chi connectivity index (χ0v) is 13.2. The van der Waals surface area contributed by atoms with Crippen LogP contribution in [0.3, 0.4) is 0 Å². The molecule has 0 aromatic heterocycles. The largest absolute Gasteiger partial charge is 0.392 e. The molecular formula is C15H23NO4S. The molecule has 6 heteroatoms. The molecule has 1 aliphatic rings. The van der Waals surface area contributed by atoms with E-state index in [1.807, 2.05) is 6.92 Å². The lowest BCUT2D eigenvalue weighted by molar-refractivity contribution is 0.0290. The second kappa shape index (κ2) is 7.35. The predicted molar refractivity (Wildman–Crippen MR) is 81.2 cm³/mol. The van der Waals surface area contributed by atoms with Crippen molar-refractivity contribution in [2.24, 2.45) is 0 Å². The zero-order chi connectivity index (χ0) is 15.3. The zero-order valence-electron chi connectivity index (χ0n) is 12.4. The van der Waals surface area contributed by atoms with Crippen molar-refractivity contribution in [2.45, 2.75) is 38.2 Å². The Hall–Kier alpha value is -0.950. The Balaban J connectivity index is 1.99. The van der Waals surface area contributed by atoms with E-state index in [1.54, 1.807) is 28.6 Å². The molecule has 2 rings (SSSR count). The molecule has 1 aromatic carbocycles. The number of aliphatic hydroxyl groups is 1. The van der Waals surface area contributed by atoms with Crippen LogP contribution in [0.1, 0.15) is 30.9 Å². The Morgan fingerprint density at radius 3 is 2.57 bits per heavy atom. The maximum Gasteiger partial charge on any atom is 0.218 e. The first-order chi connectivity index (χ1) is 10.0. The van der Waals surface area contributed by atoms with Crippen LogP contribution in [-0.2, 0) is 27.1 Å². The van der Waals surface area contributed by atoms with Gasteiger partial charge in [0.05, 0.1) is 18.5 Å². The lowest BCUT2D eigenvalue weighted by Gasteiger charge is -2.31. The summed E-state index contributed by atoms with van der Waals surface area (Å²) in [5.74, 6) is -0.0137. The molecule has 21 heavy (non-hydrogen) atoms. The third-order valence-electron chi connectivity index (χ3n) is 3.72. The third-order valence-corrected chi connectivity index (χ3v) is 5.57. The normalized spacial score (nSPS) is 18.0. The van der Waals surface area contributed by atoms with E-state index in [2.05, 4.69) is 0 Å². The monoisotopic (exact) mass is 313 g/mol. The van der Waals surface area contributed by atoms with Crippen LogP contribution in [-0.4, -0.2) is 43.6 Å². The maximum absolute atomic E-state index is 12.4. The molecule has 1 aromatic rings. The van der Waals surface area contributed by atoms with E-state index >= 15 is 0 Å². The highest BCUT2D eigenvalue weighted by Crippen LogP contribution is 2.19.